The fourth-order valence-electron chi connectivity index (χ4n) is 4.02. The Hall–Kier alpha value is -3.64. The van der Waals surface area contributed by atoms with Crippen molar-refractivity contribution in [2.24, 2.45) is 11.5 Å². The summed E-state index contributed by atoms with van der Waals surface area (Å²) in [4.78, 5) is 12.0. The van der Waals surface area contributed by atoms with Gasteiger partial charge in [0.2, 0.25) is 0 Å². The molecule has 0 aliphatic carbocycles. The number of hydrogen-bond donors (Lipinski definition) is 4. The fourth-order valence-corrected chi connectivity index (χ4v) is 4.02. The number of primary amides is 1. The molecule has 31 heavy (non-hydrogen) atoms. The number of amides is 1. The summed E-state index contributed by atoms with van der Waals surface area (Å²) in [7, 11) is 0. The van der Waals surface area contributed by atoms with Crippen molar-refractivity contribution < 1.29 is 4.79 Å². The Morgan fingerprint density at radius 3 is 2.35 bits per heavy atom. The smallest absolute Gasteiger partial charge is 0.265 e. The van der Waals surface area contributed by atoms with Gasteiger partial charge in [0.25, 0.3) is 5.91 Å². The van der Waals surface area contributed by atoms with Crippen LogP contribution in [0, 0.1) is 5.41 Å². The molecule has 0 saturated carbocycles. The molecule has 6 heteroatoms. The van der Waals surface area contributed by atoms with Crippen molar-refractivity contribution in [3.05, 3.63) is 83.6 Å². The predicted octanol–water partition coefficient (Wildman–Crippen LogP) is 3.60. The number of fused-ring (bicyclic) bond motifs is 2. The molecule has 158 valence electrons. The lowest BCUT2D eigenvalue weighted by Gasteiger charge is -2.12. The van der Waals surface area contributed by atoms with Crippen molar-refractivity contribution in [2.75, 3.05) is 13.1 Å². The molecule has 1 aromatic heterocycles. The van der Waals surface area contributed by atoms with Crippen LogP contribution in [0.4, 0.5) is 0 Å². The summed E-state index contributed by atoms with van der Waals surface area (Å²) in [6.45, 7) is 3.00. The quantitative estimate of drug-likeness (QED) is 0.303. The van der Waals surface area contributed by atoms with E-state index in [0.29, 0.717) is 17.8 Å². The highest BCUT2D eigenvalue weighted by Crippen LogP contribution is 2.25. The Morgan fingerprint density at radius 2 is 1.68 bits per heavy atom. The van der Waals surface area contributed by atoms with Gasteiger partial charge >= 0.3 is 0 Å². The molecule has 6 N–H and O–H groups in total. The van der Waals surface area contributed by atoms with Gasteiger partial charge in [-0.25, -0.2) is 0 Å². The molecule has 0 radical (unpaired) electrons. The van der Waals surface area contributed by atoms with Gasteiger partial charge in [0.15, 0.2) is 0 Å². The van der Waals surface area contributed by atoms with Gasteiger partial charge in [-0.15, -0.1) is 0 Å². The Kier molecular flexibility index (Phi) is 6.00. The largest absolute Gasteiger partial charge is 0.384 e. The second-order valence-electron chi connectivity index (χ2n) is 7.76. The molecule has 2 heterocycles. The summed E-state index contributed by atoms with van der Waals surface area (Å²) in [6, 6.07) is 21.5. The maximum absolute atomic E-state index is 12.0. The number of aromatic nitrogens is 1. The van der Waals surface area contributed by atoms with Crippen molar-refractivity contribution >= 4 is 33.4 Å². The van der Waals surface area contributed by atoms with E-state index in [9.17, 15) is 4.79 Å². The summed E-state index contributed by atoms with van der Waals surface area (Å²) in [5.74, 6) is -0.490. The minimum atomic E-state index is -0.481. The minimum absolute atomic E-state index is 0.00886. The first-order valence-corrected chi connectivity index (χ1v) is 10.5. The van der Waals surface area contributed by atoms with E-state index in [1.165, 1.54) is 25.9 Å². The molecule has 5 rings (SSSR count). The number of nitrogens with zero attached hydrogens (tertiary/aromatic N) is 1. The number of amidine groups is 1. The number of benzene rings is 3. The lowest BCUT2D eigenvalue weighted by molar-refractivity contribution is 0.0992. The van der Waals surface area contributed by atoms with E-state index < -0.39 is 5.91 Å². The maximum atomic E-state index is 12.0. The van der Waals surface area contributed by atoms with E-state index in [-0.39, 0.29) is 5.84 Å². The number of hydrogen-bond acceptors (Lipinski definition) is 3. The van der Waals surface area contributed by atoms with Gasteiger partial charge in [0, 0.05) is 23.0 Å². The van der Waals surface area contributed by atoms with Crippen LogP contribution in [0.3, 0.4) is 0 Å². The molecular weight excluding hydrogens is 386 g/mol. The standard InChI is InChI=1S/C21H18N4O.C4H9N/c22-20(23)15-9-8-14-10-19(21(24)26)25(18(14)11-15)12-16-6-3-5-13-4-1-2-7-17(13)16;1-2-4-5-3-1/h1-11H,12H2,(H3,22,23)(H2,24,26);5H,1-4H2. The van der Waals surface area contributed by atoms with Gasteiger partial charge in [-0.3, -0.25) is 10.2 Å². The third-order valence-electron chi connectivity index (χ3n) is 5.63. The lowest BCUT2D eigenvalue weighted by atomic mass is 10.0. The molecule has 4 aromatic rings. The topological polar surface area (TPSA) is 110 Å². The first kappa shape index (κ1) is 20.6. The zero-order valence-electron chi connectivity index (χ0n) is 17.4. The molecule has 0 bridgehead atoms. The molecular formula is C25H27N5O. The van der Waals surface area contributed by atoms with Gasteiger partial charge in [-0.2, -0.15) is 0 Å². The molecule has 1 amide bonds. The average Bonchev–Trinajstić information content (AvgIpc) is 3.46. The van der Waals surface area contributed by atoms with Crippen LogP contribution < -0.4 is 16.8 Å². The van der Waals surface area contributed by atoms with E-state index in [1.54, 1.807) is 12.1 Å². The summed E-state index contributed by atoms with van der Waals surface area (Å²) in [5.41, 5.74) is 14.2. The van der Waals surface area contributed by atoms with Crippen LogP contribution in [0.15, 0.2) is 66.7 Å². The molecule has 6 nitrogen and oxygen atoms in total. The van der Waals surface area contributed by atoms with Crippen LogP contribution in [0.5, 0.6) is 0 Å². The number of nitrogen functional groups attached to an aromatic ring is 1. The number of nitrogens with one attached hydrogen (secondary N) is 2. The SMILES string of the molecule is C1CCNC1.N=C(N)c1ccc2cc(C(N)=O)n(Cc3cccc4ccccc34)c2c1. The van der Waals surface area contributed by atoms with Crippen molar-refractivity contribution in [1.29, 1.82) is 5.41 Å². The maximum Gasteiger partial charge on any atom is 0.265 e. The van der Waals surface area contributed by atoms with Crippen molar-refractivity contribution in [2.45, 2.75) is 19.4 Å². The second kappa shape index (κ2) is 9.02. The summed E-state index contributed by atoms with van der Waals surface area (Å²) < 4.78 is 1.89. The van der Waals surface area contributed by atoms with Gasteiger partial charge in [0.05, 0.1) is 0 Å². The Bertz CT molecular complexity index is 1240. The number of rotatable bonds is 4. The van der Waals surface area contributed by atoms with Crippen molar-refractivity contribution in [1.82, 2.24) is 9.88 Å². The van der Waals surface area contributed by atoms with Crippen LogP contribution in [0.25, 0.3) is 21.7 Å². The number of nitrogens with two attached hydrogens (primary N) is 2. The summed E-state index contributed by atoms with van der Waals surface area (Å²) >= 11 is 0. The van der Waals surface area contributed by atoms with E-state index in [1.807, 2.05) is 41.0 Å². The van der Waals surface area contributed by atoms with Gasteiger partial charge in [-0.05, 0) is 54.4 Å². The molecule has 0 spiro atoms. The average molecular weight is 414 g/mol. The molecule has 1 saturated heterocycles. The normalized spacial score (nSPS) is 13.2. The van der Waals surface area contributed by atoms with E-state index in [2.05, 4.69) is 23.5 Å². The van der Waals surface area contributed by atoms with E-state index in [4.69, 9.17) is 16.9 Å². The minimum Gasteiger partial charge on any atom is -0.384 e. The van der Waals surface area contributed by atoms with Gasteiger partial charge in [-0.1, -0.05) is 54.6 Å². The summed E-state index contributed by atoms with van der Waals surface area (Å²) in [5, 5.41) is 14.1. The zero-order chi connectivity index (χ0) is 21.8. The van der Waals surface area contributed by atoms with Gasteiger partial charge in [0.1, 0.15) is 11.5 Å². The predicted molar refractivity (Wildman–Crippen MR) is 127 cm³/mol. The Morgan fingerprint density at radius 1 is 0.935 bits per heavy atom. The molecule has 1 aliphatic rings. The lowest BCUT2D eigenvalue weighted by Crippen LogP contribution is -2.17. The fraction of sp³-hybridized carbons (Fsp3) is 0.200. The highest BCUT2D eigenvalue weighted by atomic mass is 16.1. The van der Waals surface area contributed by atoms with Crippen molar-refractivity contribution in [3.63, 3.8) is 0 Å². The van der Waals surface area contributed by atoms with Crippen molar-refractivity contribution in [3.8, 4) is 0 Å². The Balaban J connectivity index is 0.000000407. The molecule has 1 fully saturated rings. The monoisotopic (exact) mass is 413 g/mol. The van der Waals surface area contributed by atoms with Crippen LogP contribution in [0.2, 0.25) is 0 Å². The molecule has 0 unspecified atom stereocenters. The number of carbonyl (C=O) groups excluding carboxylic acids is 1. The third kappa shape index (κ3) is 4.44. The zero-order valence-corrected chi connectivity index (χ0v) is 17.4. The third-order valence-corrected chi connectivity index (χ3v) is 5.63. The van der Waals surface area contributed by atoms with E-state index >= 15 is 0 Å². The van der Waals surface area contributed by atoms with Crippen LogP contribution >= 0.6 is 0 Å². The van der Waals surface area contributed by atoms with Crippen LogP contribution in [-0.4, -0.2) is 29.4 Å². The summed E-state index contributed by atoms with van der Waals surface area (Å²) in [6.07, 6.45) is 2.78. The number of carbonyl (C=O) groups is 1. The highest BCUT2D eigenvalue weighted by molar-refractivity contribution is 6.02. The first-order chi connectivity index (χ1) is 15.0. The Labute approximate surface area is 181 Å². The van der Waals surface area contributed by atoms with Crippen LogP contribution in [0.1, 0.15) is 34.5 Å². The molecule has 0 atom stereocenters. The molecule has 1 aliphatic heterocycles. The second-order valence-corrected chi connectivity index (χ2v) is 7.76. The van der Waals surface area contributed by atoms with Gasteiger partial charge < -0.3 is 21.4 Å². The molecule has 3 aromatic carbocycles. The van der Waals surface area contributed by atoms with Crippen LogP contribution in [-0.2, 0) is 6.54 Å². The first-order valence-electron chi connectivity index (χ1n) is 10.5. The highest BCUT2D eigenvalue weighted by Gasteiger charge is 2.15. The van der Waals surface area contributed by atoms with E-state index in [0.717, 1.165) is 27.2 Å².